The zero-order chi connectivity index (χ0) is 34.7. The molecule has 0 radical (unpaired) electrons. The Morgan fingerprint density at radius 3 is 2.56 bits per heavy atom. The molecule has 50 heavy (non-hydrogen) atoms. The molecule has 0 amide bonds. The number of nitrogens with one attached hydrogen (secondary N) is 1. The first-order valence-electron chi connectivity index (χ1n) is 20.5. The molecular weight excluding hydrogens is 642 g/mol. The van der Waals surface area contributed by atoms with Crippen LogP contribution in [0.25, 0.3) is 0 Å². The van der Waals surface area contributed by atoms with E-state index >= 15 is 0 Å². The summed E-state index contributed by atoms with van der Waals surface area (Å²) in [6, 6.07) is 4.78. The molecule has 1 saturated heterocycles. The number of aromatic nitrogens is 1. The van der Waals surface area contributed by atoms with E-state index in [2.05, 4.69) is 55.0 Å². The maximum atomic E-state index is 13.5. The van der Waals surface area contributed by atoms with Crippen LogP contribution in [-0.2, 0) is 10.8 Å². The molecule has 1 aromatic heterocycles. The van der Waals surface area contributed by atoms with Crippen molar-refractivity contribution in [3.63, 3.8) is 0 Å². The van der Waals surface area contributed by atoms with Gasteiger partial charge in [0.1, 0.15) is 0 Å². The van der Waals surface area contributed by atoms with Gasteiger partial charge in [-0.1, -0.05) is 52.3 Å². The third-order valence-corrected chi connectivity index (χ3v) is 17.6. The largest absolute Gasteiger partial charge is 0.477 e. The molecule has 9 unspecified atom stereocenters. The molecule has 1 aromatic rings. The molecule has 7 aliphatic rings. The zero-order valence-corrected chi connectivity index (χ0v) is 32.3. The fourth-order valence-corrected chi connectivity index (χ4v) is 15.1. The van der Waals surface area contributed by atoms with Crippen molar-refractivity contribution in [3.05, 3.63) is 47.4 Å². The second kappa shape index (κ2) is 13.7. The van der Waals surface area contributed by atoms with Crippen LogP contribution < -0.4 is 10.1 Å². The quantitative estimate of drug-likeness (QED) is 0.274. The average molecular weight is 706 g/mol. The highest BCUT2D eigenvalue weighted by Crippen LogP contribution is 2.72. The van der Waals surface area contributed by atoms with Crippen molar-refractivity contribution in [3.8, 4) is 5.88 Å². The van der Waals surface area contributed by atoms with Gasteiger partial charge in [-0.25, -0.2) is 0 Å². The molecular formula is C43H64FN3O2S. The van der Waals surface area contributed by atoms with Crippen LogP contribution in [0.4, 0.5) is 4.39 Å². The van der Waals surface area contributed by atoms with Crippen molar-refractivity contribution >= 4 is 10.8 Å². The van der Waals surface area contributed by atoms with E-state index in [1.54, 1.807) is 23.3 Å². The summed E-state index contributed by atoms with van der Waals surface area (Å²) in [5.41, 5.74) is 4.61. The van der Waals surface area contributed by atoms with Gasteiger partial charge in [-0.2, -0.15) is 9.37 Å². The van der Waals surface area contributed by atoms with Gasteiger partial charge in [-0.15, -0.1) is 0 Å². The molecule has 0 aromatic carbocycles. The van der Waals surface area contributed by atoms with Gasteiger partial charge in [0.15, 0.2) is 0 Å². The zero-order valence-electron chi connectivity index (χ0n) is 31.5. The van der Waals surface area contributed by atoms with E-state index in [9.17, 15) is 8.60 Å². The standard InChI is InChI=1S/C43H64FN3O2S/c1-40(2)33(31-12-10-30(11-13-31)29-49-39-9-5-8-38(44)46-39)16-20-42(4)36(40)18-21-41(3)34-17-22-43(45-23-24-47-25-27-50(48)28-26-47)19-6-7-35(43)32(34)14-15-37(41)42/h5,8-9,12,16,30,32,34-37,45H,6-7,10-11,13-15,17-29H2,1-4H3. The smallest absolute Gasteiger partial charge is 0.216 e. The number of ether oxygens (including phenoxy) is 1. The van der Waals surface area contributed by atoms with Crippen molar-refractivity contribution in [2.45, 2.75) is 117 Å². The van der Waals surface area contributed by atoms with Gasteiger partial charge in [0.2, 0.25) is 11.8 Å². The van der Waals surface area contributed by atoms with E-state index in [-0.39, 0.29) is 5.41 Å². The van der Waals surface area contributed by atoms with Crippen molar-refractivity contribution in [1.82, 2.24) is 15.2 Å². The minimum atomic E-state index is -0.591. The lowest BCUT2D eigenvalue weighted by Gasteiger charge is -2.68. The predicted molar refractivity (Wildman–Crippen MR) is 202 cm³/mol. The Morgan fingerprint density at radius 2 is 1.78 bits per heavy atom. The molecule has 5 nitrogen and oxygen atoms in total. The molecule has 1 aliphatic heterocycles. The van der Waals surface area contributed by atoms with Crippen LogP contribution in [0.15, 0.2) is 41.5 Å². The molecule has 0 spiro atoms. The first-order chi connectivity index (χ1) is 24.0. The Bertz CT molecular complexity index is 1500. The van der Waals surface area contributed by atoms with Gasteiger partial charge in [0.05, 0.1) is 6.61 Å². The number of fused-ring (bicyclic) bond motifs is 7. The SMILES string of the molecule is CC1(C)C(C2=CCC(COc3cccc(F)n3)CC2)=CCC2(C)C1CCC1(C)C3CCC4(NCCN5CCS(=O)CC5)CCCC4C3CCC12. The summed E-state index contributed by atoms with van der Waals surface area (Å²) in [6.45, 7) is 15.5. The molecule has 9 atom stereocenters. The average Bonchev–Trinajstić information content (AvgIpc) is 3.53. The number of rotatable bonds is 8. The van der Waals surface area contributed by atoms with E-state index in [0.717, 1.165) is 86.5 Å². The first kappa shape index (κ1) is 35.5. The third kappa shape index (κ3) is 6.19. The highest BCUT2D eigenvalue weighted by Gasteiger charge is 2.65. The second-order valence-electron chi connectivity index (χ2n) is 18.8. The van der Waals surface area contributed by atoms with Gasteiger partial charge in [0.25, 0.3) is 0 Å². The highest BCUT2D eigenvalue weighted by atomic mass is 32.2. The maximum absolute atomic E-state index is 13.5. The number of pyridine rings is 1. The molecule has 8 rings (SSSR count). The van der Waals surface area contributed by atoms with Crippen LogP contribution in [-0.4, -0.2) is 63.9 Å². The summed E-state index contributed by atoms with van der Waals surface area (Å²) in [5, 5.41) is 4.24. The van der Waals surface area contributed by atoms with Crippen LogP contribution >= 0.6 is 0 Å². The lowest BCUT2D eigenvalue weighted by Crippen LogP contribution is -2.64. The Balaban J connectivity index is 0.933. The summed E-state index contributed by atoms with van der Waals surface area (Å²) in [5.74, 6) is 6.26. The first-order valence-corrected chi connectivity index (χ1v) is 22.0. The summed E-state index contributed by atoms with van der Waals surface area (Å²) in [6.07, 6.45) is 22.4. The third-order valence-electron chi connectivity index (χ3n) is 16.3. The van der Waals surface area contributed by atoms with Gasteiger partial charge < -0.3 is 15.0 Å². The number of hydrogen-bond donors (Lipinski definition) is 1. The molecule has 2 heterocycles. The van der Waals surface area contributed by atoms with Crippen LogP contribution in [0.3, 0.4) is 0 Å². The predicted octanol–water partition coefficient (Wildman–Crippen LogP) is 8.73. The van der Waals surface area contributed by atoms with E-state index < -0.39 is 16.7 Å². The van der Waals surface area contributed by atoms with Crippen LogP contribution in [0.2, 0.25) is 0 Å². The minimum absolute atomic E-state index is 0.187. The van der Waals surface area contributed by atoms with Crippen LogP contribution in [0, 0.1) is 57.7 Å². The van der Waals surface area contributed by atoms with Gasteiger partial charge >= 0.3 is 0 Å². The lowest BCUT2D eigenvalue weighted by molar-refractivity contribution is -0.175. The minimum Gasteiger partial charge on any atom is -0.477 e. The molecule has 5 fully saturated rings. The maximum Gasteiger partial charge on any atom is 0.216 e. The monoisotopic (exact) mass is 705 g/mol. The Labute approximate surface area is 304 Å². The van der Waals surface area contributed by atoms with E-state index in [1.807, 2.05) is 0 Å². The molecule has 4 saturated carbocycles. The van der Waals surface area contributed by atoms with E-state index in [4.69, 9.17) is 4.74 Å². The molecule has 7 heteroatoms. The number of hydrogen-bond acceptors (Lipinski definition) is 5. The summed E-state index contributed by atoms with van der Waals surface area (Å²) >= 11 is 0. The molecule has 6 aliphatic carbocycles. The topological polar surface area (TPSA) is 54.5 Å². The van der Waals surface area contributed by atoms with Crippen molar-refractivity contribution < 1.29 is 13.3 Å². The van der Waals surface area contributed by atoms with Gasteiger partial charge in [-0.3, -0.25) is 4.21 Å². The Hall–Kier alpha value is -1.57. The normalized spacial score (nSPS) is 41.6. The fraction of sp³-hybridized carbons (Fsp3) is 0.791. The van der Waals surface area contributed by atoms with Gasteiger partial charge in [-0.05, 0) is 146 Å². The fourth-order valence-electron chi connectivity index (χ4n) is 14.0. The number of nitrogens with zero attached hydrogens (tertiary/aromatic N) is 2. The Morgan fingerprint density at radius 1 is 0.940 bits per heavy atom. The van der Waals surface area contributed by atoms with E-state index in [0.29, 0.717) is 34.8 Å². The summed E-state index contributed by atoms with van der Waals surface area (Å²) in [7, 11) is -0.591. The van der Waals surface area contributed by atoms with Crippen molar-refractivity contribution in [2.24, 2.45) is 51.8 Å². The van der Waals surface area contributed by atoms with E-state index in [1.165, 1.54) is 70.3 Å². The van der Waals surface area contributed by atoms with Crippen LogP contribution in [0.1, 0.15) is 111 Å². The molecule has 1 N–H and O–H groups in total. The van der Waals surface area contributed by atoms with Crippen LogP contribution in [0.5, 0.6) is 5.88 Å². The van der Waals surface area contributed by atoms with Crippen molar-refractivity contribution in [2.75, 3.05) is 44.3 Å². The lowest BCUT2D eigenvalue weighted by atomic mass is 9.37. The van der Waals surface area contributed by atoms with Crippen molar-refractivity contribution in [1.29, 1.82) is 0 Å². The summed E-state index contributed by atoms with van der Waals surface area (Å²) in [4.78, 5) is 6.43. The second-order valence-corrected chi connectivity index (χ2v) is 20.5. The highest BCUT2D eigenvalue weighted by molar-refractivity contribution is 7.85. The number of allylic oxidation sites excluding steroid dienone is 4. The molecule has 0 bridgehead atoms. The summed E-state index contributed by atoms with van der Waals surface area (Å²) < 4.78 is 31.3. The molecule has 276 valence electrons. The van der Waals surface area contributed by atoms with Gasteiger partial charge in [0, 0.05) is 60.1 Å². The Kier molecular flexibility index (Phi) is 9.71. The number of halogens is 1.